The van der Waals surface area contributed by atoms with Crippen molar-refractivity contribution in [3.63, 3.8) is 0 Å². The van der Waals surface area contributed by atoms with E-state index in [1.807, 2.05) is 12.3 Å². The lowest BCUT2D eigenvalue weighted by Gasteiger charge is -2.29. The molecule has 0 saturated carbocycles. The Morgan fingerprint density at radius 1 is 1.44 bits per heavy atom. The Balaban J connectivity index is 2.19. The van der Waals surface area contributed by atoms with Gasteiger partial charge in [-0.3, -0.25) is 0 Å². The van der Waals surface area contributed by atoms with Crippen LogP contribution in [0.25, 0.3) is 0 Å². The zero-order valence-corrected chi connectivity index (χ0v) is 9.82. The van der Waals surface area contributed by atoms with E-state index in [2.05, 4.69) is 28.3 Å². The van der Waals surface area contributed by atoms with Crippen LogP contribution in [-0.2, 0) is 0 Å². The van der Waals surface area contributed by atoms with Crippen LogP contribution in [0.2, 0.25) is 0 Å². The average Bonchev–Trinajstić information content (AvgIpc) is 2.54. The third-order valence-electron chi connectivity index (χ3n) is 3.28. The van der Waals surface area contributed by atoms with E-state index in [0.29, 0.717) is 6.04 Å². The van der Waals surface area contributed by atoms with Crippen LogP contribution in [-0.4, -0.2) is 17.6 Å². The number of nitrogen functional groups attached to an aromatic ring is 1. The fraction of sp³-hybridized carbons (Fsp3) is 0.583. The first-order chi connectivity index (χ1) is 7.81. The molecular formula is C12H20N4. The summed E-state index contributed by atoms with van der Waals surface area (Å²) in [5.41, 5.74) is 3.82. The van der Waals surface area contributed by atoms with Crippen molar-refractivity contribution in [1.82, 2.24) is 4.98 Å². The normalized spacial score (nSPS) is 21.6. The highest BCUT2D eigenvalue weighted by molar-refractivity contribution is 5.54. The van der Waals surface area contributed by atoms with Gasteiger partial charge in [0.25, 0.3) is 0 Å². The lowest BCUT2D eigenvalue weighted by atomic mass is 10.1. The highest BCUT2D eigenvalue weighted by atomic mass is 15.3. The maximum Gasteiger partial charge on any atom is 0.141 e. The maximum absolute atomic E-state index is 5.38. The SMILES string of the molecule is CC1CCCCCN1c1ccnc(NN)c1. The molecule has 1 saturated heterocycles. The minimum Gasteiger partial charge on any atom is -0.369 e. The Labute approximate surface area is 96.8 Å². The summed E-state index contributed by atoms with van der Waals surface area (Å²) in [6, 6.07) is 4.68. The predicted octanol–water partition coefficient (Wildman–Crippen LogP) is 2.14. The number of hydrogen-bond acceptors (Lipinski definition) is 4. The molecule has 4 heteroatoms. The molecule has 0 bridgehead atoms. The van der Waals surface area contributed by atoms with Gasteiger partial charge in [-0.25, -0.2) is 10.8 Å². The monoisotopic (exact) mass is 220 g/mol. The van der Waals surface area contributed by atoms with Gasteiger partial charge in [0, 0.05) is 30.5 Å². The van der Waals surface area contributed by atoms with Gasteiger partial charge < -0.3 is 10.3 Å². The highest BCUT2D eigenvalue weighted by Gasteiger charge is 2.17. The molecule has 1 atom stereocenters. The van der Waals surface area contributed by atoms with E-state index in [9.17, 15) is 0 Å². The molecule has 0 aliphatic carbocycles. The highest BCUT2D eigenvalue weighted by Crippen LogP contribution is 2.24. The van der Waals surface area contributed by atoms with Crippen molar-refractivity contribution in [3.8, 4) is 0 Å². The van der Waals surface area contributed by atoms with Crippen molar-refractivity contribution in [2.75, 3.05) is 16.9 Å². The Hall–Kier alpha value is -1.29. The molecule has 2 heterocycles. The van der Waals surface area contributed by atoms with Crippen LogP contribution >= 0.6 is 0 Å². The Kier molecular flexibility index (Phi) is 3.62. The van der Waals surface area contributed by atoms with Crippen LogP contribution in [0.3, 0.4) is 0 Å². The first-order valence-electron chi connectivity index (χ1n) is 6.00. The van der Waals surface area contributed by atoms with Gasteiger partial charge >= 0.3 is 0 Å². The minimum atomic E-state index is 0.607. The van der Waals surface area contributed by atoms with Gasteiger partial charge in [-0.15, -0.1) is 0 Å². The molecule has 1 aliphatic heterocycles. The lowest BCUT2D eigenvalue weighted by Crippen LogP contribution is -2.32. The zero-order chi connectivity index (χ0) is 11.4. The van der Waals surface area contributed by atoms with Gasteiger partial charge in [-0.1, -0.05) is 12.8 Å². The quantitative estimate of drug-likeness (QED) is 0.592. The average molecular weight is 220 g/mol. The first-order valence-corrected chi connectivity index (χ1v) is 6.00. The second-order valence-corrected chi connectivity index (χ2v) is 4.44. The number of hydrazine groups is 1. The van der Waals surface area contributed by atoms with Gasteiger partial charge in [-0.05, 0) is 25.8 Å². The fourth-order valence-corrected chi connectivity index (χ4v) is 2.34. The number of pyridine rings is 1. The Bertz CT molecular complexity index is 340. The lowest BCUT2D eigenvalue weighted by molar-refractivity contribution is 0.616. The van der Waals surface area contributed by atoms with Crippen molar-refractivity contribution >= 4 is 11.5 Å². The van der Waals surface area contributed by atoms with Crippen LogP contribution in [0.4, 0.5) is 11.5 Å². The van der Waals surface area contributed by atoms with Crippen molar-refractivity contribution < 1.29 is 0 Å². The third kappa shape index (κ3) is 2.44. The second kappa shape index (κ2) is 5.16. The molecule has 1 aliphatic rings. The van der Waals surface area contributed by atoms with E-state index < -0.39 is 0 Å². The largest absolute Gasteiger partial charge is 0.369 e. The topological polar surface area (TPSA) is 54.2 Å². The summed E-state index contributed by atoms with van der Waals surface area (Å²) in [7, 11) is 0. The number of aromatic nitrogens is 1. The van der Waals surface area contributed by atoms with Crippen molar-refractivity contribution in [2.24, 2.45) is 5.84 Å². The predicted molar refractivity (Wildman–Crippen MR) is 67.3 cm³/mol. The first kappa shape index (κ1) is 11.2. The van der Waals surface area contributed by atoms with Crippen LogP contribution in [0.15, 0.2) is 18.3 Å². The van der Waals surface area contributed by atoms with E-state index >= 15 is 0 Å². The van der Waals surface area contributed by atoms with Crippen LogP contribution in [0, 0.1) is 0 Å². The van der Waals surface area contributed by atoms with Crippen molar-refractivity contribution in [2.45, 2.75) is 38.6 Å². The third-order valence-corrected chi connectivity index (χ3v) is 3.28. The molecule has 1 aromatic rings. The van der Waals surface area contributed by atoms with E-state index in [0.717, 1.165) is 12.4 Å². The fourth-order valence-electron chi connectivity index (χ4n) is 2.34. The number of anilines is 2. The molecule has 0 radical (unpaired) electrons. The van der Waals surface area contributed by atoms with Crippen LogP contribution in [0.1, 0.15) is 32.6 Å². The van der Waals surface area contributed by atoms with Gasteiger partial charge in [0.2, 0.25) is 0 Å². The molecule has 0 spiro atoms. The number of rotatable bonds is 2. The Morgan fingerprint density at radius 2 is 2.31 bits per heavy atom. The van der Waals surface area contributed by atoms with Crippen molar-refractivity contribution in [1.29, 1.82) is 0 Å². The summed E-state index contributed by atoms with van der Waals surface area (Å²) in [4.78, 5) is 6.59. The molecule has 3 N–H and O–H groups in total. The summed E-state index contributed by atoms with van der Waals surface area (Å²) in [5, 5.41) is 0. The van der Waals surface area contributed by atoms with Gasteiger partial charge in [0.15, 0.2) is 0 Å². The molecule has 4 nitrogen and oxygen atoms in total. The molecule has 0 amide bonds. The van der Waals surface area contributed by atoms with Gasteiger partial charge in [-0.2, -0.15) is 0 Å². The molecule has 1 unspecified atom stereocenters. The smallest absolute Gasteiger partial charge is 0.141 e. The summed E-state index contributed by atoms with van der Waals surface area (Å²) in [6.07, 6.45) is 7.03. The summed E-state index contributed by atoms with van der Waals surface area (Å²) >= 11 is 0. The standard InChI is InChI=1S/C12H20N4/c1-10-5-3-2-4-8-16(10)11-6-7-14-12(9-11)15-13/h6-7,9-10H,2-5,8,13H2,1H3,(H,14,15). The van der Waals surface area contributed by atoms with Crippen LogP contribution < -0.4 is 16.2 Å². The summed E-state index contributed by atoms with van der Waals surface area (Å²) in [6.45, 7) is 3.43. The summed E-state index contributed by atoms with van der Waals surface area (Å²) in [5.74, 6) is 6.11. The number of nitrogens with two attached hydrogens (primary N) is 1. The number of nitrogens with zero attached hydrogens (tertiary/aromatic N) is 2. The van der Waals surface area contributed by atoms with Gasteiger partial charge in [0.1, 0.15) is 5.82 Å². The van der Waals surface area contributed by atoms with E-state index in [1.54, 1.807) is 0 Å². The maximum atomic E-state index is 5.38. The Morgan fingerprint density at radius 3 is 3.12 bits per heavy atom. The number of nitrogens with one attached hydrogen (secondary N) is 1. The molecule has 16 heavy (non-hydrogen) atoms. The second-order valence-electron chi connectivity index (χ2n) is 4.44. The number of hydrogen-bond donors (Lipinski definition) is 2. The zero-order valence-electron chi connectivity index (χ0n) is 9.82. The van der Waals surface area contributed by atoms with E-state index in [4.69, 9.17) is 5.84 Å². The molecular weight excluding hydrogens is 200 g/mol. The van der Waals surface area contributed by atoms with Crippen molar-refractivity contribution in [3.05, 3.63) is 18.3 Å². The van der Waals surface area contributed by atoms with Gasteiger partial charge in [0.05, 0.1) is 0 Å². The van der Waals surface area contributed by atoms with Crippen LogP contribution in [0.5, 0.6) is 0 Å². The molecule has 2 rings (SSSR count). The summed E-state index contributed by atoms with van der Waals surface area (Å²) < 4.78 is 0. The minimum absolute atomic E-state index is 0.607. The molecule has 88 valence electrons. The molecule has 0 aromatic carbocycles. The molecule has 1 fully saturated rings. The van der Waals surface area contributed by atoms with E-state index in [-0.39, 0.29) is 0 Å². The van der Waals surface area contributed by atoms with E-state index in [1.165, 1.54) is 31.4 Å². The molecule has 1 aromatic heterocycles.